The van der Waals surface area contributed by atoms with E-state index in [0.29, 0.717) is 38.7 Å². The number of nitrogens with zero attached hydrogens (tertiary/aromatic N) is 2. The second-order valence-corrected chi connectivity index (χ2v) is 14.4. The lowest BCUT2D eigenvalue weighted by Gasteiger charge is -2.50. The number of Topliss-reactive ketones (excluding diaryl/α,β-unsaturated/α-hetero) is 1. The van der Waals surface area contributed by atoms with Gasteiger partial charge in [0.2, 0.25) is 11.8 Å². The van der Waals surface area contributed by atoms with Crippen molar-refractivity contribution < 1.29 is 38.2 Å². The third kappa shape index (κ3) is 5.16. The van der Waals surface area contributed by atoms with E-state index < -0.39 is 58.5 Å². The van der Waals surface area contributed by atoms with Gasteiger partial charge in [0.25, 0.3) is 11.8 Å². The van der Waals surface area contributed by atoms with Crippen LogP contribution in [-0.2, 0) is 24.6 Å². The first kappa shape index (κ1) is 34.3. The Hall–Kier alpha value is -5.81. The maximum atomic E-state index is 15.2. The zero-order valence-corrected chi connectivity index (χ0v) is 29.3. The molecule has 1 saturated carbocycles. The molecule has 0 aromatic heterocycles. The number of carbonyl (C=O) groups excluding carboxylic acids is 5. The molecular formula is C41H33ClFN3O7. The predicted octanol–water partition coefficient (Wildman–Crippen LogP) is 6.59. The number of phenolic OH excluding ortho intramolecular Hbond substituents is 1. The van der Waals surface area contributed by atoms with Gasteiger partial charge in [-0.1, -0.05) is 41.4 Å². The van der Waals surface area contributed by atoms with E-state index in [9.17, 15) is 28.7 Å². The van der Waals surface area contributed by atoms with Crippen molar-refractivity contribution in [3.05, 3.63) is 130 Å². The number of hydrazine groups is 1. The van der Waals surface area contributed by atoms with Crippen LogP contribution in [0.1, 0.15) is 47.2 Å². The first-order valence-corrected chi connectivity index (χ1v) is 17.6. The first-order valence-electron chi connectivity index (χ1n) is 17.2. The van der Waals surface area contributed by atoms with Crippen LogP contribution in [0.4, 0.5) is 15.8 Å². The second-order valence-electron chi connectivity index (χ2n) is 13.9. The number of imide groups is 2. The van der Waals surface area contributed by atoms with E-state index in [1.54, 1.807) is 60.7 Å². The van der Waals surface area contributed by atoms with Crippen LogP contribution in [0.15, 0.2) is 103 Å². The number of allylic oxidation sites excluding steroid dienone is 2. The van der Waals surface area contributed by atoms with Gasteiger partial charge < -0.3 is 9.84 Å². The molecule has 2 aliphatic carbocycles. The van der Waals surface area contributed by atoms with E-state index in [-0.39, 0.29) is 36.0 Å². The third-order valence-electron chi connectivity index (χ3n) is 11.3. The van der Waals surface area contributed by atoms with E-state index in [1.807, 2.05) is 6.08 Å². The summed E-state index contributed by atoms with van der Waals surface area (Å²) in [4.78, 5) is 71.7. The standard InChI is InChI=1S/C41H33ClFN3O7/c1-21(47)22-3-14-28(15-4-22)45-37(49)30-17-16-29-31(35(30)39(45)51)20-32-38(50)46(44-27-12-10-26(43)11-13-27)40(52)41(32,24-6-8-25(42)9-7-24)36(29)23-5-18-33(48)34(19-23)53-2/h3-16,18-19,30-32,35-36,44,48H,17,20H2,1-2H3/t30-,31+,32-,35-,36-,41+/m0/s1. The minimum atomic E-state index is -1.58. The van der Waals surface area contributed by atoms with Gasteiger partial charge in [0.1, 0.15) is 5.82 Å². The quantitative estimate of drug-likeness (QED) is 0.124. The average molecular weight is 734 g/mol. The lowest BCUT2D eigenvalue weighted by Crippen LogP contribution is -2.53. The fraction of sp³-hybridized carbons (Fsp3) is 0.244. The van der Waals surface area contributed by atoms with Crippen LogP contribution in [0.2, 0.25) is 5.02 Å². The fourth-order valence-electron chi connectivity index (χ4n) is 9.00. The van der Waals surface area contributed by atoms with E-state index in [4.69, 9.17) is 16.3 Å². The summed E-state index contributed by atoms with van der Waals surface area (Å²) in [5.74, 6) is -6.67. The molecule has 0 bridgehead atoms. The maximum absolute atomic E-state index is 15.2. The van der Waals surface area contributed by atoms with Gasteiger partial charge in [-0.05, 0) is 110 Å². The number of methoxy groups -OCH3 is 1. The van der Waals surface area contributed by atoms with Crippen LogP contribution in [0.5, 0.6) is 11.5 Å². The summed E-state index contributed by atoms with van der Waals surface area (Å²) in [5, 5.41) is 12.0. The molecule has 0 spiro atoms. The molecule has 0 unspecified atom stereocenters. The number of halogens is 2. The normalized spacial score (nSPS) is 26.2. The first-order chi connectivity index (χ1) is 25.4. The molecule has 10 nitrogen and oxygen atoms in total. The predicted molar refractivity (Wildman–Crippen MR) is 193 cm³/mol. The number of phenols is 1. The van der Waals surface area contributed by atoms with Crippen molar-refractivity contribution in [1.29, 1.82) is 0 Å². The molecule has 4 aromatic carbocycles. The summed E-state index contributed by atoms with van der Waals surface area (Å²) >= 11 is 6.35. The number of aromatic hydroxyl groups is 1. The molecule has 6 atom stereocenters. The van der Waals surface area contributed by atoms with Crippen LogP contribution in [0, 0.1) is 29.5 Å². The highest BCUT2D eigenvalue weighted by Gasteiger charge is 2.70. The van der Waals surface area contributed by atoms with Gasteiger partial charge in [-0.2, -0.15) is 5.01 Å². The molecule has 4 amide bonds. The van der Waals surface area contributed by atoms with Crippen molar-refractivity contribution in [2.45, 2.75) is 31.1 Å². The SMILES string of the molecule is COc1cc([C@H]2C3=CC[C@@H]4C(=O)N(c5ccc(C(C)=O)cc5)C(=O)[C@@H]4[C@@H]3C[C@H]3C(=O)N(Nc4ccc(F)cc4)C(=O)[C@@]23c2ccc(Cl)cc2)ccc1O. The van der Waals surface area contributed by atoms with Crippen LogP contribution in [0.25, 0.3) is 0 Å². The fourth-order valence-corrected chi connectivity index (χ4v) is 9.13. The number of anilines is 2. The Morgan fingerprint density at radius 1 is 0.906 bits per heavy atom. The van der Waals surface area contributed by atoms with Crippen LogP contribution in [-0.4, -0.2) is 46.6 Å². The Labute approximate surface area is 308 Å². The van der Waals surface area contributed by atoms with Crippen molar-refractivity contribution in [1.82, 2.24) is 5.01 Å². The lowest BCUT2D eigenvalue weighted by atomic mass is 9.49. The van der Waals surface area contributed by atoms with Gasteiger partial charge in [0.05, 0.1) is 41.7 Å². The Morgan fingerprint density at radius 3 is 2.26 bits per heavy atom. The summed E-state index contributed by atoms with van der Waals surface area (Å²) in [6.45, 7) is 1.43. The molecule has 2 saturated heterocycles. The maximum Gasteiger partial charge on any atom is 0.260 e. The molecule has 4 aromatic rings. The Bertz CT molecular complexity index is 2240. The minimum absolute atomic E-state index is 0.0592. The topological polar surface area (TPSA) is 133 Å². The second kappa shape index (κ2) is 12.7. The monoisotopic (exact) mass is 733 g/mol. The van der Waals surface area contributed by atoms with Crippen LogP contribution < -0.4 is 15.1 Å². The molecule has 12 heteroatoms. The zero-order chi connectivity index (χ0) is 37.3. The summed E-state index contributed by atoms with van der Waals surface area (Å²) in [7, 11) is 1.41. The molecule has 4 aliphatic rings. The highest BCUT2D eigenvalue weighted by atomic mass is 35.5. The minimum Gasteiger partial charge on any atom is -0.504 e. The smallest absolute Gasteiger partial charge is 0.260 e. The van der Waals surface area contributed by atoms with Gasteiger partial charge in [-0.25, -0.2) is 4.39 Å². The zero-order valence-electron chi connectivity index (χ0n) is 28.6. The molecule has 3 fully saturated rings. The molecule has 2 heterocycles. The highest BCUT2D eigenvalue weighted by molar-refractivity contribution is 6.30. The van der Waals surface area contributed by atoms with Gasteiger partial charge in [-0.15, -0.1) is 0 Å². The average Bonchev–Trinajstić information content (AvgIpc) is 3.53. The number of rotatable bonds is 7. The van der Waals surface area contributed by atoms with Gasteiger partial charge >= 0.3 is 0 Å². The molecule has 53 heavy (non-hydrogen) atoms. The third-order valence-corrected chi connectivity index (χ3v) is 11.6. The van der Waals surface area contributed by atoms with Crippen molar-refractivity contribution in [2.24, 2.45) is 23.7 Å². The molecule has 0 radical (unpaired) electrons. The number of amides is 4. The molecule has 268 valence electrons. The van der Waals surface area contributed by atoms with Gasteiger partial charge in [0.15, 0.2) is 17.3 Å². The number of carbonyl (C=O) groups is 5. The summed E-state index contributed by atoms with van der Waals surface area (Å²) in [6.07, 6.45) is 2.19. The molecule has 2 N–H and O–H groups in total. The van der Waals surface area contributed by atoms with Crippen molar-refractivity contribution >= 4 is 52.4 Å². The number of hydrogen-bond acceptors (Lipinski definition) is 8. The summed E-state index contributed by atoms with van der Waals surface area (Å²) in [5.41, 5.74) is 4.20. The van der Waals surface area contributed by atoms with E-state index in [1.165, 1.54) is 49.3 Å². The van der Waals surface area contributed by atoms with Crippen molar-refractivity contribution in [3.63, 3.8) is 0 Å². The number of nitrogens with one attached hydrogen (secondary N) is 1. The number of hydrogen-bond donors (Lipinski definition) is 2. The van der Waals surface area contributed by atoms with Gasteiger partial charge in [-0.3, -0.25) is 34.3 Å². The summed E-state index contributed by atoms with van der Waals surface area (Å²) < 4.78 is 19.4. The van der Waals surface area contributed by atoms with Crippen molar-refractivity contribution in [3.8, 4) is 11.5 Å². The molecular weight excluding hydrogens is 701 g/mol. The van der Waals surface area contributed by atoms with Gasteiger partial charge in [0, 0.05) is 16.5 Å². The number of ether oxygens (including phenoxy) is 1. The van der Waals surface area contributed by atoms with Crippen LogP contribution >= 0.6 is 11.6 Å². The van der Waals surface area contributed by atoms with E-state index >= 15 is 4.79 Å². The Morgan fingerprint density at radius 2 is 1.60 bits per heavy atom. The highest BCUT2D eigenvalue weighted by Crippen LogP contribution is 2.64. The number of ketones is 1. The largest absolute Gasteiger partial charge is 0.504 e. The van der Waals surface area contributed by atoms with E-state index in [2.05, 4.69) is 5.43 Å². The lowest BCUT2D eigenvalue weighted by molar-refractivity contribution is -0.138. The Kier molecular flexibility index (Phi) is 8.21. The number of fused-ring (bicyclic) bond motifs is 4. The van der Waals surface area contributed by atoms with E-state index in [0.717, 1.165) is 5.01 Å². The van der Waals surface area contributed by atoms with Crippen LogP contribution in [0.3, 0.4) is 0 Å². The molecule has 8 rings (SSSR count). The van der Waals surface area contributed by atoms with Crippen molar-refractivity contribution in [2.75, 3.05) is 17.4 Å². The summed E-state index contributed by atoms with van der Waals surface area (Å²) in [6, 6.07) is 23.1. The number of benzene rings is 4. The molecule has 2 aliphatic heterocycles. The Balaban J connectivity index is 1.31.